The van der Waals surface area contributed by atoms with Gasteiger partial charge >= 0.3 is 0 Å². The Morgan fingerprint density at radius 1 is 0.943 bits per heavy atom. The van der Waals surface area contributed by atoms with E-state index in [1.54, 1.807) is 30.5 Å². The molecular weight excluding hydrogens is 554 g/mol. The van der Waals surface area contributed by atoms with Crippen LogP contribution in [0.5, 0.6) is 0 Å². The van der Waals surface area contributed by atoms with E-state index < -0.39 is 22.1 Å². The Kier molecular flexibility index (Phi) is 7.50. The highest BCUT2D eigenvalue weighted by Gasteiger charge is 2.37. The fraction of sp³-hybridized carbons (Fsp3) is 0.125. The van der Waals surface area contributed by atoms with Crippen LogP contribution in [-0.2, 0) is 4.79 Å². The highest BCUT2D eigenvalue weighted by molar-refractivity contribution is 6.50. The first-order valence-corrected chi connectivity index (χ1v) is 12.1. The van der Waals surface area contributed by atoms with E-state index >= 15 is 0 Å². The lowest BCUT2D eigenvalue weighted by Crippen LogP contribution is -2.32. The summed E-state index contributed by atoms with van der Waals surface area (Å²) in [5.74, 6) is -2.02. The van der Waals surface area contributed by atoms with E-state index in [2.05, 4.69) is 20.6 Å². The second kappa shape index (κ2) is 10.2. The number of halogens is 5. The van der Waals surface area contributed by atoms with Crippen molar-refractivity contribution in [1.29, 1.82) is 0 Å². The van der Waals surface area contributed by atoms with Crippen molar-refractivity contribution >= 4 is 92.2 Å². The van der Waals surface area contributed by atoms with Gasteiger partial charge < -0.3 is 15.6 Å². The predicted molar refractivity (Wildman–Crippen MR) is 143 cm³/mol. The molecule has 0 saturated carbocycles. The molecular formula is C24H17Cl5N4O2. The number of aromatic amines is 1. The predicted octanol–water partition coefficient (Wildman–Crippen LogP) is 7.69. The lowest BCUT2D eigenvalue weighted by Gasteiger charge is -2.26. The van der Waals surface area contributed by atoms with Crippen LogP contribution in [0.1, 0.15) is 28.8 Å². The van der Waals surface area contributed by atoms with E-state index in [-0.39, 0.29) is 10.6 Å². The minimum atomic E-state index is -1.49. The van der Waals surface area contributed by atoms with Crippen molar-refractivity contribution in [2.45, 2.75) is 17.2 Å². The maximum absolute atomic E-state index is 13.2. The van der Waals surface area contributed by atoms with Crippen LogP contribution in [0.25, 0.3) is 11.0 Å². The summed E-state index contributed by atoms with van der Waals surface area (Å²) in [5.41, 5.74) is 2.93. The number of amides is 2. The monoisotopic (exact) mass is 568 g/mol. The molecule has 1 atom stereocenters. The highest BCUT2D eigenvalue weighted by Crippen LogP contribution is 2.40. The van der Waals surface area contributed by atoms with Crippen LogP contribution in [0.4, 0.5) is 11.4 Å². The molecule has 3 N–H and O–H groups in total. The Labute approximate surface area is 225 Å². The molecule has 4 rings (SSSR count). The number of H-pyrrole nitrogens is 1. The number of carbonyl (C=O) groups excluding carboxylic acids is 2. The molecule has 0 radical (unpaired) electrons. The van der Waals surface area contributed by atoms with Crippen LogP contribution in [-0.4, -0.2) is 26.1 Å². The Balaban J connectivity index is 1.58. The fourth-order valence-corrected chi connectivity index (χ4v) is 4.80. The van der Waals surface area contributed by atoms with Crippen LogP contribution in [0, 0.1) is 0 Å². The molecule has 0 spiro atoms. The van der Waals surface area contributed by atoms with Gasteiger partial charge in [-0.2, -0.15) is 0 Å². The van der Waals surface area contributed by atoms with Crippen molar-refractivity contribution < 1.29 is 9.59 Å². The minimum absolute atomic E-state index is 0.151. The molecule has 0 fully saturated rings. The lowest BCUT2D eigenvalue weighted by atomic mass is 9.94. The van der Waals surface area contributed by atoms with Crippen LogP contribution >= 0.6 is 58.0 Å². The summed E-state index contributed by atoms with van der Waals surface area (Å²) < 4.78 is -1.49. The average Bonchev–Trinajstić information content (AvgIpc) is 3.21. The summed E-state index contributed by atoms with van der Waals surface area (Å²) in [7, 11) is 0. The summed E-state index contributed by atoms with van der Waals surface area (Å²) in [4.78, 5) is 33.4. The molecule has 4 aromatic rings. The van der Waals surface area contributed by atoms with Crippen LogP contribution < -0.4 is 10.6 Å². The van der Waals surface area contributed by atoms with Gasteiger partial charge in [0.15, 0.2) is 0 Å². The molecule has 1 unspecified atom stereocenters. The van der Waals surface area contributed by atoms with E-state index in [0.717, 1.165) is 11.0 Å². The quantitative estimate of drug-likeness (QED) is 0.208. The van der Waals surface area contributed by atoms with Gasteiger partial charge in [0.1, 0.15) is 4.33 Å². The normalized spacial score (nSPS) is 12.4. The maximum atomic E-state index is 13.2. The van der Waals surface area contributed by atoms with Gasteiger partial charge in [0.2, 0.25) is 5.91 Å². The largest absolute Gasteiger partial charge is 0.360 e. The zero-order valence-electron chi connectivity index (χ0n) is 18.0. The first kappa shape index (κ1) is 25.6. The van der Waals surface area contributed by atoms with E-state index in [4.69, 9.17) is 58.0 Å². The lowest BCUT2D eigenvalue weighted by molar-refractivity contribution is -0.117. The number of alkyl halides is 2. The Morgan fingerprint density at radius 3 is 2.34 bits per heavy atom. The van der Waals surface area contributed by atoms with Gasteiger partial charge in [-0.25, -0.2) is 0 Å². The second-order valence-corrected chi connectivity index (χ2v) is 10.9. The highest BCUT2D eigenvalue weighted by atomic mass is 35.5. The van der Waals surface area contributed by atoms with Crippen molar-refractivity contribution in [3.8, 4) is 0 Å². The van der Waals surface area contributed by atoms with E-state index in [1.807, 2.05) is 6.07 Å². The van der Waals surface area contributed by atoms with Crippen LogP contribution in [0.2, 0.25) is 15.1 Å². The number of benzene rings is 2. The molecule has 2 aromatic carbocycles. The number of carbonyl (C=O) groups is 2. The zero-order chi connectivity index (χ0) is 25.3. The Bertz CT molecular complexity index is 1410. The van der Waals surface area contributed by atoms with Gasteiger partial charge in [-0.1, -0.05) is 34.8 Å². The molecule has 6 nitrogen and oxygen atoms in total. The summed E-state index contributed by atoms with van der Waals surface area (Å²) in [6.07, 6.45) is 3.29. The summed E-state index contributed by atoms with van der Waals surface area (Å²) in [5, 5.41) is 6.37. The molecule has 0 aliphatic rings. The van der Waals surface area contributed by atoms with Crippen molar-refractivity contribution in [2.24, 2.45) is 0 Å². The second-order valence-electron chi connectivity index (χ2n) is 7.86. The molecule has 35 heavy (non-hydrogen) atoms. The van der Waals surface area contributed by atoms with Crippen LogP contribution in [0.3, 0.4) is 0 Å². The average molecular weight is 571 g/mol. The minimum Gasteiger partial charge on any atom is -0.360 e. The SMILES string of the molecule is CC(Cl)(Cl)C(C(=O)Nc1ccc(Cl)c(C(=O)Nc2cnc3cc[nH]c3c2)c1)c1cc(Cl)cc(Cl)c1. The number of anilines is 2. The number of rotatable bonds is 6. The van der Waals surface area contributed by atoms with E-state index in [9.17, 15) is 9.59 Å². The van der Waals surface area contributed by atoms with Gasteiger partial charge in [0.25, 0.3) is 5.91 Å². The third kappa shape index (κ3) is 6.02. The standard InChI is InChI=1S/C24H17Cl5N4O2/c1-24(28,29)21(12-6-13(25)8-14(26)7-12)23(35)32-15-2-3-18(27)17(9-15)22(34)33-16-10-20-19(31-11-16)4-5-30-20/h2-11,21,30H,1H3,(H,32,35)(H,33,34). The van der Waals surface area contributed by atoms with E-state index in [0.29, 0.717) is 27.0 Å². The third-order valence-corrected chi connectivity index (χ3v) is 6.32. The number of fused-ring (bicyclic) bond motifs is 1. The first-order chi connectivity index (χ1) is 16.5. The molecule has 2 amide bonds. The molecule has 0 aliphatic carbocycles. The summed E-state index contributed by atoms with van der Waals surface area (Å²) >= 11 is 31.2. The van der Waals surface area contributed by atoms with Gasteiger partial charge in [0, 0.05) is 21.9 Å². The van der Waals surface area contributed by atoms with Gasteiger partial charge in [-0.3, -0.25) is 14.6 Å². The summed E-state index contributed by atoms with van der Waals surface area (Å²) in [6, 6.07) is 12.8. The molecule has 0 aliphatic heterocycles. The molecule has 2 heterocycles. The number of aromatic nitrogens is 2. The van der Waals surface area contributed by atoms with Gasteiger partial charge in [-0.15, -0.1) is 23.2 Å². The number of nitrogens with zero attached hydrogens (tertiary/aromatic N) is 1. The Morgan fingerprint density at radius 2 is 1.66 bits per heavy atom. The van der Waals surface area contributed by atoms with E-state index in [1.165, 1.54) is 31.3 Å². The first-order valence-electron chi connectivity index (χ1n) is 10.2. The van der Waals surface area contributed by atoms with Crippen molar-refractivity contribution in [3.63, 3.8) is 0 Å². The van der Waals surface area contributed by atoms with Gasteiger partial charge in [0.05, 0.1) is 39.4 Å². The number of hydrogen-bond acceptors (Lipinski definition) is 3. The Hall–Kier alpha value is -2.48. The smallest absolute Gasteiger partial charge is 0.257 e. The maximum Gasteiger partial charge on any atom is 0.257 e. The molecule has 180 valence electrons. The number of pyridine rings is 1. The third-order valence-electron chi connectivity index (χ3n) is 5.12. The zero-order valence-corrected chi connectivity index (χ0v) is 21.8. The number of hydrogen-bond donors (Lipinski definition) is 3. The van der Waals surface area contributed by atoms with Crippen LogP contribution in [0.15, 0.2) is 60.9 Å². The van der Waals surface area contributed by atoms with Gasteiger partial charge in [-0.05, 0) is 61.0 Å². The molecule has 0 bridgehead atoms. The topological polar surface area (TPSA) is 86.9 Å². The molecule has 11 heteroatoms. The molecule has 0 saturated heterocycles. The fourth-order valence-electron chi connectivity index (χ4n) is 3.61. The molecule has 2 aromatic heterocycles. The number of nitrogens with one attached hydrogen (secondary N) is 3. The van der Waals surface area contributed by atoms with Crippen molar-refractivity contribution in [3.05, 3.63) is 87.1 Å². The summed E-state index contributed by atoms with van der Waals surface area (Å²) in [6.45, 7) is 1.49. The van der Waals surface area contributed by atoms with Crippen molar-refractivity contribution in [2.75, 3.05) is 10.6 Å². The van der Waals surface area contributed by atoms with Crippen molar-refractivity contribution in [1.82, 2.24) is 9.97 Å².